The number of hydrogen-bond acceptors (Lipinski definition) is 2. The Balaban J connectivity index is 2.60. The van der Waals surface area contributed by atoms with Crippen LogP contribution in [0.15, 0.2) is 36.9 Å². The molecule has 1 unspecified atom stereocenters. The van der Waals surface area contributed by atoms with Crippen molar-refractivity contribution in [1.82, 2.24) is 4.90 Å². The molecule has 0 heterocycles. The number of benzene rings is 1. The lowest BCUT2D eigenvalue weighted by Crippen LogP contribution is -2.53. The van der Waals surface area contributed by atoms with E-state index in [9.17, 15) is 9.59 Å². The molecule has 20 heavy (non-hydrogen) atoms. The van der Waals surface area contributed by atoms with Crippen molar-refractivity contribution in [2.24, 2.45) is 0 Å². The fourth-order valence-electron chi connectivity index (χ4n) is 2.95. The van der Waals surface area contributed by atoms with Crippen molar-refractivity contribution in [1.29, 1.82) is 0 Å². The van der Waals surface area contributed by atoms with Gasteiger partial charge in [-0.25, -0.2) is 0 Å². The zero-order chi connectivity index (χ0) is 14.8. The third-order valence-corrected chi connectivity index (χ3v) is 4.38. The lowest BCUT2D eigenvalue weighted by atomic mass is 9.74. The first-order chi connectivity index (χ1) is 9.54. The molecule has 1 aliphatic rings. The summed E-state index contributed by atoms with van der Waals surface area (Å²) in [6, 6.07) is 7.25. The van der Waals surface area contributed by atoms with Crippen LogP contribution in [0.4, 0.5) is 0 Å². The van der Waals surface area contributed by atoms with Crippen LogP contribution in [0.25, 0.3) is 0 Å². The van der Waals surface area contributed by atoms with Crippen molar-refractivity contribution in [2.45, 2.75) is 31.2 Å². The van der Waals surface area contributed by atoms with E-state index in [0.717, 1.165) is 12.8 Å². The van der Waals surface area contributed by atoms with Crippen LogP contribution >= 0.6 is 11.6 Å². The van der Waals surface area contributed by atoms with Gasteiger partial charge < -0.3 is 4.90 Å². The average Bonchev–Trinajstić information content (AvgIpc) is 2.47. The van der Waals surface area contributed by atoms with Crippen LogP contribution in [0.1, 0.15) is 31.2 Å². The van der Waals surface area contributed by atoms with Crippen molar-refractivity contribution >= 4 is 23.3 Å². The molecule has 4 heteroatoms. The molecule has 0 aromatic heterocycles. The van der Waals surface area contributed by atoms with Crippen molar-refractivity contribution in [2.75, 3.05) is 7.05 Å². The molecular weight excluding hydrogens is 274 g/mol. The molecule has 0 N–H and O–H groups in total. The standard InChI is InChI=1S/C16H18ClNO2/c1-3-15(20)18(2)16(11-7-6-10-14(16)19)12-8-4-5-9-13(12)17/h3-5,8-9H,1,6-7,10-11H2,2H3. The highest BCUT2D eigenvalue weighted by Gasteiger charge is 2.47. The van der Waals surface area contributed by atoms with Crippen LogP contribution in [-0.4, -0.2) is 23.6 Å². The van der Waals surface area contributed by atoms with Crippen LogP contribution in [0.3, 0.4) is 0 Å². The van der Waals surface area contributed by atoms with Crippen LogP contribution in [0.5, 0.6) is 0 Å². The highest BCUT2D eigenvalue weighted by atomic mass is 35.5. The number of rotatable bonds is 3. The van der Waals surface area contributed by atoms with Gasteiger partial charge in [0.1, 0.15) is 5.54 Å². The summed E-state index contributed by atoms with van der Waals surface area (Å²) in [6.45, 7) is 3.51. The summed E-state index contributed by atoms with van der Waals surface area (Å²) in [6.07, 6.45) is 4.07. The van der Waals surface area contributed by atoms with Gasteiger partial charge in [-0.1, -0.05) is 36.4 Å². The minimum atomic E-state index is -0.956. The Kier molecular flexibility index (Phi) is 4.29. The predicted octanol–water partition coefficient (Wildman–Crippen LogP) is 3.32. The second kappa shape index (κ2) is 5.80. The van der Waals surface area contributed by atoms with Crippen LogP contribution in [0, 0.1) is 0 Å². The maximum absolute atomic E-state index is 12.6. The van der Waals surface area contributed by atoms with Crippen molar-refractivity contribution in [3.05, 3.63) is 47.5 Å². The van der Waals surface area contributed by atoms with E-state index in [4.69, 9.17) is 11.6 Å². The van der Waals surface area contributed by atoms with E-state index in [1.54, 1.807) is 13.1 Å². The monoisotopic (exact) mass is 291 g/mol. The van der Waals surface area contributed by atoms with Crippen LogP contribution < -0.4 is 0 Å². The van der Waals surface area contributed by atoms with Gasteiger partial charge in [0.05, 0.1) is 0 Å². The highest BCUT2D eigenvalue weighted by molar-refractivity contribution is 6.31. The number of ketones is 1. The number of amides is 1. The fraction of sp³-hybridized carbons (Fsp3) is 0.375. The van der Waals surface area contributed by atoms with Gasteiger partial charge in [0.15, 0.2) is 5.78 Å². The summed E-state index contributed by atoms with van der Waals surface area (Å²) in [5, 5.41) is 0.520. The fourth-order valence-corrected chi connectivity index (χ4v) is 3.25. The van der Waals surface area contributed by atoms with Gasteiger partial charge in [-0.2, -0.15) is 0 Å². The molecule has 1 saturated carbocycles. The Hall–Kier alpha value is -1.61. The molecule has 0 bridgehead atoms. The van der Waals surface area contributed by atoms with Crippen LogP contribution in [-0.2, 0) is 15.1 Å². The van der Waals surface area contributed by atoms with E-state index in [1.165, 1.54) is 11.0 Å². The molecule has 1 aromatic carbocycles. The lowest BCUT2D eigenvalue weighted by molar-refractivity contribution is -0.144. The zero-order valence-corrected chi connectivity index (χ0v) is 12.3. The Bertz CT molecular complexity index is 555. The van der Waals surface area contributed by atoms with Gasteiger partial charge in [-0.05, 0) is 31.4 Å². The molecule has 1 fully saturated rings. The van der Waals surface area contributed by atoms with Gasteiger partial charge in [0, 0.05) is 24.1 Å². The first kappa shape index (κ1) is 14.8. The van der Waals surface area contributed by atoms with Crippen molar-refractivity contribution in [3.8, 4) is 0 Å². The molecule has 0 spiro atoms. The topological polar surface area (TPSA) is 37.4 Å². The van der Waals surface area contributed by atoms with Gasteiger partial charge in [0.2, 0.25) is 5.91 Å². The molecule has 3 nitrogen and oxygen atoms in total. The van der Waals surface area contributed by atoms with Gasteiger partial charge in [-0.3, -0.25) is 9.59 Å². The van der Waals surface area contributed by atoms with Gasteiger partial charge >= 0.3 is 0 Å². The maximum atomic E-state index is 12.6. The minimum Gasteiger partial charge on any atom is -0.325 e. The summed E-state index contributed by atoms with van der Waals surface area (Å²) in [5.74, 6) is -0.213. The van der Waals surface area contributed by atoms with Crippen LogP contribution in [0.2, 0.25) is 5.02 Å². The minimum absolute atomic E-state index is 0.0505. The van der Waals surface area contributed by atoms with E-state index in [2.05, 4.69) is 6.58 Å². The molecule has 0 saturated heterocycles. The second-order valence-electron chi connectivity index (χ2n) is 5.07. The first-order valence-electron chi connectivity index (χ1n) is 6.72. The van der Waals surface area contributed by atoms with E-state index in [-0.39, 0.29) is 11.7 Å². The molecule has 0 radical (unpaired) electrons. The Morgan fingerprint density at radius 1 is 1.40 bits per heavy atom. The quantitative estimate of drug-likeness (QED) is 0.801. The number of carbonyl (C=O) groups excluding carboxylic acids is 2. The summed E-state index contributed by atoms with van der Waals surface area (Å²) >= 11 is 6.29. The number of halogens is 1. The predicted molar refractivity (Wildman–Crippen MR) is 79.6 cm³/mol. The summed E-state index contributed by atoms with van der Waals surface area (Å²) < 4.78 is 0. The molecule has 1 aliphatic carbocycles. The normalized spacial score (nSPS) is 22.4. The smallest absolute Gasteiger partial charge is 0.246 e. The summed E-state index contributed by atoms with van der Waals surface area (Å²) in [4.78, 5) is 26.2. The molecular formula is C16H18ClNO2. The number of carbonyl (C=O) groups is 2. The molecule has 1 atom stereocenters. The Morgan fingerprint density at radius 3 is 2.70 bits per heavy atom. The molecule has 106 valence electrons. The van der Waals surface area contributed by atoms with E-state index < -0.39 is 5.54 Å². The third-order valence-electron chi connectivity index (χ3n) is 4.05. The second-order valence-corrected chi connectivity index (χ2v) is 5.48. The number of nitrogens with zero attached hydrogens (tertiary/aromatic N) is 1. The first-order valence-corrected chi connectivity index (χ1v) is 7.10. The van der Waals surface area contributed by atoms with E-state index in [0.29, 0.717) is 23.4 Å². The molecule has 1 aromatic rings. The molecule has 0 aliphatic heterocycles. The van der Waals surface area contributed by atoms with Gasteiger partial charge in [-0.15, -0.1) is 0 Å². The SMILES string of the molecule is C=CC(=O)N(C)C1(c2ccccc2Cl)CCCCC1=O. The van der Waals surface area contributed by atoms with Crippen molar-refractivity contribution in [3.63, 3.8) is 0 Å². The number of Topliss-reactive ketones (excluding diaryl/α,β-unsaturated/α-hetero) is 1. The zero-order valence-electron chi connectivity index (χ0n) is 11.6. The molecule has 1 amide bonds. The molecule has 2 rings (SSSR count). The van der Waals surface area contributed by atoms with E-state index in [1.807, 2.05) is 18.2 Å². The van der Waals surface area contributed by atoms with Crippen molar-refractivity contribution < 1.29 is 9.59 Å². The number of hydrogen-bond donors (Lipinski definition) is 0. The Labute approximate surface area is 124 Å². The number of likely N-dealkylation sites (N-methyl/N-ethyl adjacent to an activating group) is 1. The third kappa shape index (κ3) is 2.27. The summed E-state index contributed by atoms with van der Waals surface area (Å²) in [7, 11) is 1.65. The average molecular weight is 292 g/mol. The summed E-state index contributed by atoms with van der Waals surface area (Å²) in [5.41, 5.74) is -0.244. The maximum Gasteiger partial charge on any atom is 0.246 e. The van der Waals surface area contributed by atoms with E-state index >= 15 is 0 Å². The lowest BCUT2D eigenvalue weighted by Gasteiger charge is -2.43. The highest BCUT2D eigenvalue weighted by Crippen LogP contribution is 2.42. The van der Waals surface area contributed by atoms with Gasteiger partial charge in [0.25, 0.3) is 0 Å². The largest absolute Gasteiger partial charge is 0.325 e. The Morgan fingerprint density at radius 2 is 2.10 bits per heavy atom.